The molecule has 2 heteroatoms. The van der Waals surface area contributed by atoms with Crippen LogP contribution in [0.1, 0.15) is 43.3 Å². The summed E-state index contributed by atoms with van der Waals surface area (Å²) in [5.74, 6) is 0.623. The van der Waals surface area contributed by atoms with Crippen LogP contribution in [0.25, 0.3) is 10.8 Å². The van der Waals surface area contributed by atoms with E-state index < -0.39 is 0 Å². The first-order valence-electron chi connectivity index (χ1n) is 6.49. The molecule has 5 rings (SSSR count). The van der Waals surface area contributed by atoms with Crippen molar-refractivity contribution in [1.82, 2.24) is 4.57 Å². The minimum absolute atomic E-state index is 0.229. The monoisotopic (exact) mass is 225 g/mol. The van der Waals surface area contributed by atoms with Crippen LogP contribution >= 0.6 is 0 Å². The van der Waals surface area contributed by atoms with Crippen LogP contribution in [0.5, 0.6) is 0 Å². The van der Waals surface area contributed by atoms with Crippen LogP contribution in [0.2, 0.25) is 0 Å². The van der Waals surface area contributed by atoms with Crippen LogP contribution < -0.4 is 5.56 Å². The van der Waals surface area contributed by atoms with E-state index in [9.17, 15) is 4.79 Å². The molecule has 17 heavy (non-hydrogen) atoms. The Hall–Kier alpha value is -1.57. The Balaban J connectivity index is 2.14. The van der Waals surface area contributed by atoms with E-state index >= 15 is 0 Å². The van der Waals surface area contributed by atoms with Crippen molar-refractivity contribution < 1.29 is 0 Å². The van der Waals surface area contributed by atoms with Gasteiger partial charge in [0.1, 0.15) is 0 Å². The Morgan fingerprint density at radius 3 is 2.65 bits per heavy atom. The molecule has 1 aromatic heterocycles. The maximum Gasteiger partial charge on any atom is 0.258 e. The number of hydrogen-bond donors (Lipinski definition) is 0. The zero-order chi connectivity index (χ0) is 11.4. The normalized spacial score (nSPS) is 26.1. The molecule has 1 saturated carbocycles. The maximum absolute atomic E-state index is 12.5. The van der Waals surface area contributed by atoms with E-state index in [4.69, 9.17) is 0 Å². The highest BCUT2D eigenvalue weighted by Crippen LogP contribution is 2.44. The molecule has 0 saturated heterocycles. The van der Waals surface area contributed by atoms with E-state index in [1.54, 1.807) is 0 Å². The van der Waals surface area contributed by atoms with Gasteiger partial charge in [-0.05, 0) is 49.1 Å². The number of nitrogens with zero attached hydrogens (tertiary/aromatic N) is 1. The summed E-state index contributed by atoms with van der Waals surface area (Å²) in [5, 5.41) is 1.99. The predicted molar refractivity (Wildman–Crippen MR) is 68.5 cm³/mol. The average molecular weight is 225 g/mol. The van der Waals surface area contributed by atoms with Crippen LogP contribution in [0.4, 0.5) is 0 Å². The van der Waals surface area contributed by atoms with Crippen molar-refractivity contribution >= 4 is 10.8 Å². The molecule has 1 fully saturated rings. The highest BCUT2D eigenvalue weighted by molar-refractivity contribution is 5.82. The number of benzene rings is 1. The van der Waals surface area contributed by atoms with Crippen molar-refractivity contribution in [3.63, 3.8) is 0 Å². The van der Waals surface area contributed by atoms with Gasteiger partial charge in [0.25, 0.3) is 5.56 Å². The van der Waals surface area contributed by atoms with Gasteiger partial charge in [-0.2, -0.15) is 0 Å². The summed E-state index contributed by atoms with van der Waals surface area (Å²) < 4.78 is 2.08. The number of pyridine rings is 1. The van der Waals surface area contributed by atoms with Crippen LogP contribution in [-0.4, -0.2) is 4.57 Å². The Morgan fingerprint density at radius 2 is 1.82 bits per heavy atom. The van der Waals surface area contributed by atoms with Gasteiger partial charge in [0.2, 0.25) is 0 Å². The molecule has 2 bridgehead atoms. The van der Waals surface area contributed by atoms with E-state index in [2.05, 4.69) is 16.7 Å². The summed E-state index contributed by atoms with van der Waals surface area (Å²) in [6, 6.07) is 10.7. The van der Waals surface area contributed by atoms with Gasteiger partial charge in [0, 0.05) is 17.1 Å². The largest absolute Gasteiger partial charge is 0.309 e. The smallest absolute Gasteiger partial charge is 0.258 e. The summed E-state index contributed by atoms with van der Waals surface area (Å²) in [4.78, 5) is 12.5. The van der Waals surface area contributed by atoms with Gasteiger partial charge in [-0.1, -0.05) is 18.2 Å². The highest BCUT2D eigenvalue weighted by atomic mass is 16.1. The third-order valence-electron chi connectivity index (χ3n) is 4.47. The molecule has 2 aromatic rings. The lowest BCUT2D eigenvalue weighted by Gasteiger charge is -2.39. The fourth-order valence-electron chi connectivity index (χ4n) is 3.61. The van der Waals surface area contributed by atoms with Crippen molar-refractivity contribution in [1.29, 1.82) is 0 Å². The maximum atomic E-state index is 12.5. The molecule has 0 amide bonds. The van der Waals surface area contributed by atoms with Crippen LogP contribution in [0.3, 0.4) is 0 Å². The van der Waals surface area contributed by atoms with Crippen molar-refractivity contribution in [2.45, 2.75) is 37.6 Å². The Bertz CT molecular complexity index is 648. The van der Waals surface area contributed by atoms with Crippen LogP contribution in [-0.2, 0) is 0 Å². The van der Waals surface area contributed by atoms with Gasteiger partial charge < -0.3 is 4.57 Å². The second-order valence-electron chi connectivity index (χ2n) is 5.34. The Morgan fingerprint density at radius 1 is 1.06 bits per heavy atom. The van der Waals surface area contributed by atoms with E-state index in [0.717, 1.165) is 10.8 Å². The van der Waals surface area contributed by atoms with Gasteiger partial charge in [-0.15, -0.1) is 0 Å². The second kappa shape index (κ2) is 3.22. The summed E-state index contributed by atoms with van der Waals surface area (Å²) in [6.45, 7) is 0. The number of fused-ring (bicyclic) bond motifs is 3. The number of hydrogen-bond acceptors (Lipinski definition) is 1. The number of rotatable bonds is 0. The van der Waals surface area contributed by atoms with E-state index in [-0.39, 0.29) is 5.56 Å². The third-order valence-corrected chi connectivity index (χ3v) is 4.47. The SMILES string of the molecule is O=c1c2ccccc2cc2n1C1CCC2CC1. The van der Waals surface area contributed by atoms with Gasteiger partial charge in [-0.3, -0.25) is 4.79 Å². The van der Waals surface area contributed by atoms with Crippen molar-refractivity contribution in [3.05, 3.63) is 46.4 Å². The number of aromatic nitrogens is 1. The van der Waals surface area contributed by atoms with E-state index in [0.29, 0.717) is 12.0 Å². The Labute approximate surface area is 99.9 Å². The summed E-state index contributed by atoms with van der Waals surface area (Å²) in [6.07, 6.45) is 4.91. The molecule has 1 aliphatic carbocycles. The van der Waals surface area contributed by atoms with E-state index in [1.165, 1.54) is 31.4 Å². The molecule has 3 heterocycles. The van der Waals surface area contributed by atoms with Gasteiger partial charge in [-0.25, -0.2) is 0 Å². The second-order valence-corrected chi connectivity index (χ2v) is 5.34. The Kier molecular flexibility index (Phi) is 1.79. The van der Waals surface area contributed by atoms with Crippen molar-refractivity contribution in [2.75, 3.05) is 0 Å². The first-order chi connectivity index (χ1) is 8.34. The summed E-state index contributed by atoms with van der Waals surface area (Å²) in [5.41, 5.74) is 1.52. The van der Waals surface area contributed by atoms with Crippen molar-refractivity contribution in [3.8, 4) is 0 Å². The fraction of sp³-hybridized carbons (Fsp3) is 0.400. The quantitative estimate of drug-likeness (QED) is 0.674. The summed E-state index contributed by atoms with van der Waals surface area (Å²) >= 11 is 0. The van der Waals surface area contributed by atoms with Gasteiger partial charge in [0.15, 0.2) is 0 Å². The highest BCUT2D eigenvalue weighted by Gasteiger charge is 2.33. The molecule has 2 aliphatic heterocycles. The minimum atomic E-state index is 0.229. The lowest BCUT2D eigenvalue weighted by molar-refractivity contribution is 0.253. The molecule has 0 atom stereocenters. The molecule has 0 radical (unpaired) electrons. The van der Waals surface area contributed by atoms with E-state index in [1.807, 2.05) is 18.2 Å². The lowest BCUT2D eigenvalue weighted by Crippen LogP contribution is -2.36. The molecule has 0 spiro atoms. The zero-order valence-corrected chi connectivity index (χ0v) is 9.73. The van der Waals surface area contributed by atoms with Gasteiger partial charge >= 0.3 is 0 Å². The molecule has 3 aliphatic rings. The lowest BCUT2D eigenvalue weighted by atomic mass is 9.78. The molecular formula is C15H15NO. The fourth-order valence-corrected chi connectivity index (χ4v) is 3.61. The molecule has 0 unspecified atom stereocenters. The molecule has 86 valence electrons. The molecular weight excluding hydrogens is 210 g/mol. The third kappa shape index (κ3) is 1.18. The zero-order valence-electron chi connectivity index (χ0n) is 9.73. The molecule has 0 N–H and O–H groups in total. The molecule has 1 aromatic carbocycles. The minimum Gasteiger partial charge on any atom is -0.309 e. The predicted octanol–water partition coefficient (Wildman–Crippen LogP) is 3.21. The van der Waals surface area contributed by atoms with Gasteiger partial charge in [0.05, 0.1) is 0 Å². The summed E-state index contributed by atoms with van der Waals surface area (Å²) in [7, 11) is 0. The average Bonchev–Trinajstić information content (AvgIpc) is 2.40. The first kappa shape index (κ1) is 9.46. The topological polar surface area (TPSA) is 22.0 Å². The van der Waals surface area contributed by atoms with Crippen molar-refractivity contribution in [2.24, 2.45) is 0 Å². The van der Waals surface area contributed by atoms with Crippen LogP contribution in [0.15, 0.2) is 35.1 Å². The van der Waals surface area contributed by atoms with Crippen LogP contribution in [0, 0.1) is 0 Å². The standard InChI is InChI=1S/C15H15NO/c17-15-13-4-2-1-3-11(13)9-14-10-5-7-12(8-6-10)16(14)15/h1-4,9-10,12H,5-8H2. The first-order valence-corrected chi connectivity index (χ1v) is 6.49. The molecule has 2 nitrogen and oxygen atoms in total.